The van der Waals surface area contributed by atoms with E-state index in [0.717, 1.165) is 0 Å². The van der Waals surface area contributed by atoms with Crippen molar-refractivity contribution in [2.45, 2.75) is 31.8 Å². The number of ether oxygens (including phenoxy) is 3. The summed E-state index contributed by atoms with van der Waals surface area (Å²) in [5.74, 6) is -2.44. The third-order valence-electron chi connectivity index (χ3n) is 4.44. The Morgan fingerprint density at radius 3 is 1.83 bits per heavy atom. The second-order valence-electron chi connectivity index (χ2n) is 5.90. The van der Waals surface area contributed by atoms with E-state index in [-0.39, 0.29) is 35.9 Å². The average Bonchev–Trinajstić information content (AvgIpc) is 2.78. The number of rotatable bonds is 0. The number of esters is 2. The zero-order valence-corrected chi connectivity index (χ0v) is 10.2. The maximum atomic E-state index is 11.8. The van der Waals surface area contributed by atoms with E-state index in [1.165, 1.54) is 0 Å². The van der Waals surface area contributed by atoms with E-state index in [2.05, 4.69) is 0 Å². The van der Waals surface area contributed by atoms with Crippen LogP contribution in [0, 0.1) is 23.7 Å². The van der Waals surface area contributed by atoms with Gasteiger partial charge in [0.1, 0.15) is 0 Å². The van der Waals surface area contributed by atoms with Gasteiger partial charge in [-0.1, -0.05) is 12.2 Å². The Balaban J connectivity index is 1.79. The van der Waals surface area contributed by atoms with Crippen molar-refractivity contribution in [1.82, 2.24) is 0 Å². The minimum atomic E-state index is -0.649. The van der Waals surface area contributed by atoms with Gasteiger partial charge in [-0.15, -0.1) is 0 Å². The summed E-state index contributed by atoms with van der Waals surface area (Å²) in [5, 5.41) is 0. The lowest BCUT2D eigenvalue weighted by molar-refractivity contribution is -0.159. The van der Waals surface area contributed by atoms with Crippen LogP contribution in [0.2, 0.25) is 0 Å². The molecule has 5 nitrogen and oxygen atoms in total. The summed E-state index contributed by atoms with van der Waals surface area (Å²) in [6.45, 7) is 3.72. The highest BCUT2D eigenvalue weighted by Crippen LogP contribution is 2.54. The number of carbonyl (C=O) groups is 2. The van der Waals surface area contributed by atoms with Crippen LogP contribution in [0.5, 0.6) is 0 Å². The fourth-order valence-electron chi connectivity index (χ4n) is 3.86. The Labute approximate surface area is 104 Å². The molecule has 0 aromatic rings. The molecule has 0 unspecified atom stereocenters. The van der Waals surface area contributed by atoms with E-state index < -0.39 is 17.7 Å². The minimum Gasteiger partial charge on any atom is -0.393 e. The Kier molecular flexibility index (Phi) is 1.80. The van der Waals surface area contributed by atoms with Gasteiger partial charge in [0.25, 0.3) is 0 Å². The second-order valence-corrected chi connectivity index (χ2v) is 5.90. The molecule has 0 radical (unpaired) electrons. The van der Waals surface area contributed by atoms with Crippen LogP contribution in [0.1, 0.15) is 13.8 Å². The first-order valence-electron chi connectivity index (χ1n) is 6.27. The molecular weight excluding hydrogens is 236 g/mol. The minimum absolute atomic E-state index is 0.106. The van der Waals surface area contributed by atoms with Gasteiger partial charge in [0, 0.05) is 11.8 Å². The van der Waals surface area contributed by atoms with Gasteiger partial charge in [0.15, 0.2) is 5.79 Å². The van der Waals surface area contributed by atoms with Gasteiger partial charge in [0.2, 0.25) is 0 Å². The van der Waals surface area contributed by atoms with Crippen molar-refractivity contribution in [1.29, 1.82) is 0 Å². The molecular formula is C13H14O5. The summed E-state index contributed by atoms with van der Waals surface area (Å²) in [6.07, 6.45) is 3.68. The van der Waals surface area contributed by atoms with Crippen LogP contribution in [0.4, 0.5) is 0 Å². The maximum absolute atomic E-state index is 11.8. The van der Waals surface area contributed by atoms with Crippen molar-refractivity contribution >= 4 is 11.9 Å². The molecule has 0 amide bonds. The van der Waals surface area contributed by atoms with E-state index in [1.807, 2.05) is 26.0 Å². The first-order chi connectivity index (χ1) is 8.48. The molecule has 5 aliphatic rings. The van der Waals surface area contributed by atoms with Crippen LogP contribution in [-0.4, -0.2) is 29.9 Å². The molecule has 3 aliphatic carbocycles. The predicted molar refractivity (Wildman–Crippen MR) is 58.0 cm³/mol. The first-order valence-corrected chi connectivity index (χ1v) is 6.27. The fourth-order valence-corrected chi connectivity index (χ4v) is 3.86. The average molecular weight is 250 g/mol. The molecule has 18 heavy (non-hydrogen) atoms. The van der Waals surface area contributed by atoms with Crippen LogP contribution in [-0.2, 0) is 23.8 Å². The highest BCUT2D eigenvalue weighted by molar-refractivity contribution is 5.97. The highest BCUT2D eigenvalue weighted by Gasteiger charge is 2.65. The van der Waals surface area contributed by atoms with Gasteiger partial charge in [-0.05, 0) is 13.8 Å². The van der Waals surface area contributed by atoms with Crippen molar-refractivity contribution in [2.75, 3.05) is 0 Å². The van der Waals surface area contributed by atoms with E-state index in [9.17, 15) is 9.59 Å². The molecule has 6 atom stereocenters. The number of cyclic esters (lactones) is 2. The van der Waals surface area contributed by atoms with Gasteiger partial charge >= 0.3 is 11.9 Å². The van der Waals surface area contributed by atoms with Gasteiger partial charge < -0.3 is 14.2 Å². The molecule has 2 saturated heterocycles. The van der Waals surface area contributed by atoms with E-state index in [1.54, 1.807) is 0 Å². The Bertz CT molecular complexity index is 440. The van der Waals surface area contributed by atoms with Gasteiger partial charge in [-0.2, -0.15) is 0 Å². The van der Waals surface area contributed by atoms with Crippen molar-refractivity contribution in [3.8, 4) is 0 Å². The molecule has 0 aromatic heterocycles. The summed E-state index contributed by atoms with van der Waals surface area (Å²) in [7, 11) is 0. The first kappa shape index (κ1) is 10.7. The number of carbonyl (C=O) groups excluding carboxylic acids is 2. The van der Waals surface area contributed by atoms with Crippen LogP contribution in [0.3, 0.4) is 0 Å². The molecule has 0 aromatic carbocycles. The van der Waals surface area contributed by atoms with Gasteiger partial charge in [0.05, 0.1) is 24.0 Å². The van der Waals surface area contributed by atoms with Crippen molar-refractivity contribution in [3.05, 3.63) is 12.2 Å². The molecule has 5 heteroatoms. The summed E-state index contributed by atoms with van der Waals surface area (Å²) >= 11 is 0. The zero-order chi connectivity index (χ0) is 12.7. The second kappa shape index (κ2) is 3.03. The van der Waals surface area contributed by atoms with Crippen molar-refractivity contribution in [3.63, 3.8) is 0 Å². The normalized spacial score (nSPS) is 51.2. The summed E-state index contributed by atoms with van der Waals surface area (Å²) < 4.78 is 16.5. The molecule has 2 aliphatic heterocycles. The molecule has 2 bridgehead atoms. The Morgan fingerprint density at radius 1 is 0.944 bits per heavy atom. The van der Waals surface area contributed by atoms with Crippen LogP contribution >= 0.6 is 0 Å². The van der Waals surface area contributed by atoms with Gasteiger partial charge in [-0.25, -0.2) is 0 Å². The molecule has 3 fully saturated rings. The standard InChI is InChI=1S/C13H14O5/c1-13(2)17-9-5-3-4-6(10(9)18-13)8-7(5)11(14)16-12(8)15/h3-10H,1-2H3/t5-,6+,7+,8-,9+,10-. The van der Waals surface area contributed by atoms with Crippen LogP contribution in [0.15, 0.2) is 12.2 Å². The third-order valence-corrected chi connectivity index (χ3v) is 4.44. The number of hydrogen-bond acceptors (Lipinski definition) is 5. The lowest BCUT2D eigenvalue weighted by Gasteiger charge is -2.43. The van der Waals surface area contributed by atoms with Crippen LogP contribution in [0.25, 0.3) is 0 Å². The molecule has 0 spiro atoms. The maximum Gasteiger partial charge on any atom is 0.318 e. The van der Waals surface area contributed by atoms with Crippen molar-refractivity contribution < 1.29 is 23.8 Å². The topological polar surface area (TPSA) is 61.8 Å². The van der Waals surface area contributed by atoms with E-state index in [0.29, 0.717) is 0 Å². The Morgan fingerprint density at radius 2 is 1.39 bits per heavy atom. The molecule has 5 rings (SSSR count). The third kappa shape index (κ3) is 1.14. The lowest BCUT2D eigenvalue weighted by atomic mass is 9.60. The number of hydrogen-bond donors (Lipinski definition) is 0. The lowest BCUT2D eigenvalue weighted by Crippen LogP contribution is -2.54. The van der Waals surface area contributed by atoms with Crippen molar-refractivity contribution in [2.24, 2.45) is 23.7 Å². The van der Waals surface area contributed by atoms with E-state index >= 15 is 0 Å². The summed E-state index contributed by atoms with van der Waals surface area (Å²) in [5.41, 5.74) is 0. The largest absolute Gasteiger partial charge is 0.393 e. The van der Waals surface area contributed by atoms with E-state index in [4.69, 9.17) is 14.2 Å². The predicted octanol–water partition coefficient (Wildman–Crippen LogP) is 0.638. The molecule has 96 valence electrons. The Hall–Kier alpha value is -1.20. The zero-order valence-electron chi connectivity index (χ0n) is 10.2. The highest BCUT2D eigenvalue weighted by atomic mass is 16.8. The van der Waals surface area contributed by atoms with Crippen LogP contribution < -0.4 is 0 Å². The molecule has 2 heterocycles. The molecule has 1 saturated carbocycles. The monoisotopic (exact) mass is 250 g/mol. The summed E-state index contributed by atoms with van der Waals surface area (Å²) in [4.78, 5) is 23.6. The smallest absolute Gasteiger partial charge is 0.318 e. The quantitative estimate of drug-likeness (QED) is 0.358. The fraction of sp³-hybridized carbons (Fsp3) is 0.692. The SMILES string of the molecule is CC1(C)O[C@@H]2[C@H]3C=C[C@@H]([C@@H]2O1)[C@@H]1C(=O)OC(=O)[C@H]31. The molecule has 0 N–H and O–H groups in total. The van der Waals surface area contributed by atoms with Gasteiger partial charge in [-0.3, -0.25) is 9.59 Å². The summed E-state index contributed by atoms with van der Waals surface area (Å²) in [6, 6.07) is 0.